The molecule has 1 fully saturated rings. The van der Waals surface area contributed by atoms with Gasteiger partial charge in [0.15, 0.2) is 5.60 Å². The zero-order valence-corrected chi connectivity index (χ0v) is 23.8. The number of aliphatic hydroxyl groups is 1. The highest BCUT2D eigenvalue weighted by Crippen LogP contribution is 2.44. The average molecular weight is 600 g/mol. The monoisotopic (exact) mass is 599 g/mol. The van der Waals surface area contributed by atoms with Crippen LogP contribution in [0.1, 0.15) is 42.4 Å². The van der Waals surface area contributed by atoms with Crippen molar-refractivity contribution in [2.45, 2.75) is 49.9 Å². The van der Waals surface area contributed by atoms with Gasteiger partial charge >= 0.3 is 11.9 Å². The summed E-state index contributed by atoms with van der Waals surface area (Å²) in [5.74, 6) is -4.55. The van der Waals surface area contributed by atoms with Crippen molar-refractivity contribution in [3.63, 3.8) is 0 Å². The third kappa shape index (κ3) is 7.20. The average Bonchev–Trinajstić information content (AvgIpc) is 3.29. The Morgan fingerprint density at radius 3 is 2.52 bits per heavy atom. The topological polar surface area (TPSA) is 172 Å². The van der Waals surface area contributed by atoms with Crippen molar-refractivity contribution < 1.29 is 39.5 Å². The molecule has 42 heavy (non-hydrogen) atoms. The fourth-order valence-corrected chi connectivity index (χ4v) is 6.15. The zero-order valence-electron chi connectivity index (χ0n) is 23.0. The highest BCUT2D eigenvalue weighted by atomic mass is 35.5. The number of ether oxygens (including phenoxy) is 1. The number of phenolic OH excluding ortho intramolecular Hbond substituents is 1. The van der Waals surface area contributed by atoms with Gasteiger partial charge in [-0.1, -0.05) is 35.9 Å². The second kappa shape index (κ2) is 13.1. The quantitative estimate of drug-likeness (QED) is 0.266. The molecule has 1 spiro atoms. The van der Waals surface area contributed by atoms with E-state index in [1.165, 1.54) is 23.3 Å². The Hall–Kier alpha value is -3.69. The molecular weight excluding hydrogens is 566 g/mol. The van der Waals surface area contributed by atoms with E-state index in [2.05, 4.69) is 17.0 Å². The summed E-state index contributed by atoms with van der Waals surface area (Å²) in [7, 11) is 0. The molecular formula is C30H34ClN3O8. The lowest BCUT2D eigenvalue weighted by molar-refractivity contribution is -0.169. The molecule has 2 aromatic carbocycles. The molecule has 0 bridgehead atoms. The zero-order chi connectivity index (χ0) is 30.5. The molecule has 4 rings (SSSR count). The Bertz CT molecular complexity index is 1370. The van der Waals surface area contributed by atoms with Gasteiger partial charge in [-0.3, -0.25) is 9.59 Å². The van der Waals surface area contributed by atoms with Crippen LogP contribution < -0.4 is 0 Å². The van der Waals surface area contributed by atoms with Crippen LogP contribution in [-0.2, 0) is 37.7 Å². The van der Waals surface area contributed by atoms with Crippen LogP contribution in [0.25, 0.3) is 0 Å². The summed E-state index contributed by atoms with van der Waals surface area (Å²) in [6, 6.07) is 14.7. The second-order valence-corrected chi connectivity index (χ2v) is 11.5. The van der Waals surface area contributed by atoms with Crippen LogP contribution in [0.15, 0.2) is 42.5 Å². The minimum Gasteiger partial charge on any atom is -0.508 e. The van der Waals surface area contributed by atoms with Crippen molar-refractivity contribution in [3.05, 3.63) is 64.2 Å². The normalized spacial score (nSPS) is 18.0. The summed E-state index contributed by atoms with van der Waals surface area (Å²) in [5.41, 5.74) is -0.117. The molecule has 2 aromatic rings. The number of fused-ring (bicyclic) bond motifs is 2. The highest BCUT2D eigenvalue weighted by Gasteiger charge is 2.44. The predicted octanol–water partition coefficient (Wildman–Crippen LogP) is 2.76. The first-order valence-electron chi connectivity index (χ1n) is 13.7. The van der Waals surface area contributed by atoms with Crippen molar-refractivity contribution in [2.75, 3.05) is 32.7 Å². The number of piperidine rings is 1. The number of halogens is 1. The predicted molar refractivity (Wildman–Crippen MR) is 151 cm³/mol. The molecule has 0 aliphatic carbocycles. The van der Waals surface area contributed by atoms with Gasteiger partial charge in [0.1, 0.15) is 12.3 Å². The van der Waals surface area contributed by atoms with E-state index in [0.29, 0.717) is 43.2 Å². The number of carboxylic acid groups (broad SMARTS) is 2. The minimum absolute atomic E-state index is 0.0160. The van der Waals surface area contributed by atoms with Gasteiger partial charge in [-0.2, -0.15) is 5.26 Å². The maximum absolute atomic E-state index is 13.2. The summed E-state index contributed by atoms with van der Waals surface area (Å²) in [4.78, 5) is 39.4. The van der Waals surface area contributed by atoms with E-state index in [1.54, 1.807) is 6.07 Å². The lowest BCUT2D eigenvalue weighted by Gasteiger charge is -2.41. The molecule has 1 saturated heterocycles. The van der Waals surface area contributed by atoms with E-state index >= 15 is 0 Å². The Kier molecular flexibility index (Phi) is 9.74. The maximum Gasteiger partial charge on any atom is 0.336 e. The van der Waals surface area contributed by atoms with Gasteiger partial charge < -0.3 is 35.0 Å². The lowest BCUT2D eigenvalue weighted by Crippen LogP contribution is -2.49. The van der Waals surface area contributed by atoms with Gasteiger partial charge in [0.2, 0.25) is 5.91 Å². The van der Waals surface area contributed by atoms with Gasteiger partial charge in [-0.15, -0.1) is 0 Å². The minimum atomic E-state index is -2.82. The summed E-state index contributed by atoms with van der Waals surface area (Å²) in [6.45, 7) is 2.12. The van der Waals surface area contributed by atoms with Crippen LogP contribution in [0.5, 0.6) is 5.75 Å². The van der Waals surface area contributed by atoms with Gasteiger partial charge in [0.05, 0.1) is 31.1 Å². The number of nitrogens with zero attached hydrogens (tertiary/aromatic N) is 3. The molecule has 2 unspecified atom stereocenters. The molecule has 2 heterocycles. The van der Waals surface area contributed by atoms with E-state index in [1.807, 2.05) is 18.2 Å². The number of amides is 1. The van der Waals surface area contributed by atoms with E-state index in [4.69, 9.17) is 21.4 Å². The lowest BCUT2D eigenvalue weighted by atomic mass is 9.83. The van der Waals surface area contributed by atoms with E-state index in [0.717, 1.165) is 17.7 Å². The standard InChI is InChI=1S/C30H34ClN3O8/c31-25-6-5-23(35)14-22(25)13-20(18-34(12-9-32)26(36)15-29(41,28(39)40)16-27(37)38)17-33-10-7-30(8-11-33)24-4-2-1-3-21(24)19-42-30/h1-6,14,20,35,41H,7-8,10-13,15-19H2,(H,37,38)(H,39,40). The van der Waals surface area contributed by atoms with Crippen molar-refractivity contribution in [1.29, 1.82) is 5.26 Å². The Balaban J connectivity index is 1.52. The number of rotatable bonds is 12. The van der Waals surface area contributed by atoms with Crippen LogP contribution in [0.4, 0.5) is 0 Å². The van der Waals surface area contributed by atoms with E-state index < -0.39 is 36.3 Å². The largest absolute Gasteiger partial charge is 0.508 e. The first-order valence-corrected chi connectivity index (χ1v) is 14.1. The molecule has 0 radical (unpaired) electrons. The van der Waals surface area contributed by atoms with Crippen LogP contribution >= 0.6 is 11.6 Å². The SMILES string of the molecule is N#CCN(CC(Cc1cc(O)ccc1Cl)CN1CCC2(CC1)OCc1ccccc12)C(=O)CC(O)(CC(=O)O)C(=O)O. The molecule has 11 nitrogen and oxygen atoms in total. The second-order valence-electron chi connectivity index (χ2n) is 11.1. The fourth-order valence-electron chi connectivity index (χ4n) is 5.95. The number of nitriles is 1. The van der Waals surface area contributed by atoms with Crippen LogP contribution in [0, 0.1) is 17.2 Å². The molecule has 2 atom stereocenters. The Morgan fingerprint density at radius 2 is 1.86 bits per heavy atom. The highest BCUT2D eigenvalue weighted by molar-refractivity contribution is 6.31. The van der Waals surface area contributed by atoms with Crippen molar-refractivity contribution in [3.8, 4) is 11.8 Å². The number of hydrogen-bond acceptors (Lipinski definition) is 8. The molecule has 2 aliphatic heterocycles. The van der Waals surface area contributed by atoms with Crippen molar-refractivity contribution in [2.24, 2.45) is 5.92 Å². The number of phenols is 1. The first kappa shape index (κ1) is 31.3. The number of carboxylic acids is 2. The number of carbonyl (C=O) groups excluding carboxylic acids is 1. The summed E-state index contributed by atoms with van der Waals surface area (Å²) < 4.78 is 6.28. The number of carbonyl (C=O) groups is 3. The molecule has 2 aliphatic rings. The smallest absolute Gasteiger partial charge is 0.336 e. The fraction of sp³-hybridized carbons (Fsp3) is 0.467. The summed E-state index contributed by atoms with van der Waals surface area (Å²) in [5, 5.41) is 48.9. The molecule has 224 valence electrons. The number of aromatic hydroxyl groups is 1. The number of likely N-dealkylation sites (tertiary alicyclic amines) is 1. The number of aliphatic carboxylic acids is 2. The van der Waals surface area contributed by atoms with Crippen LogP contribution in [0.3, 0.4) is 0 Å². The molecule has 0 aromatic heterocycles. The van der Waals surface area contributed by atoms with Gasteiger partial charge in [-0.05, 0) is 60.1 Å². The van der Waals surface area contributed by atoms with E-state index in [9.17, 15) is 35.0 Å². The maximum atomic E-state index is 13.2. The third-order valence-corrected chi connectivity index (χ3v) is 8.48. The summed E-state index contributed by atoms with van der Waals surface area (Å²) in [6.07, 6.45) is -0.297. The van der Waals surface area contributed by atoms with Crippen molar-refractivity contribution >= 4 is 29.4 Å². The Morgan fingerprint density at radius 1 is 1.14 bits per heavy atom. The number of hydrogen-bond donors (Lipinski definition) is 4. The Labute approximate surface area is 248 Å². The van der Waals surface area contributed by atoms with Gasteiger partial charge in [-0.25, -0.2) is 4.79 Å². The molecule has 12 heteroatoms. The summed E-state index contributed by atoms with van der Waals surface area (Å²) >= 11 is 6.42. The van der Waals surface area contributed by atoms with Crippen molar-refractivity contribution in [1.82, 2.24) is 9.80 Å². The third-order valence-electron chi connectivity index (χ3n) is 8.11. The van der Waals surface area contributed by atoms with Gasteiger partial charge in [0.25, 0.3) is 0 Å². The van der Waals surface area contributed by atoms with Crippen LogP contribution in [-0.4, -0.2) is 86.4 Å². The first-order chi connectivity index (χ1) is 19.9. The number of benzene rings is 2. The van der Waals surface area contributed by atoms with E-state index in [-0.39, 0.29) is 30.4 Å². The molecule has 0 saturated carbocycles. The van der Waals surface area contributed by atoms with Gasteiger partial charge in [0, 0.05) is 31.2 Å². The van der Waals surface area contributed by atoms with Crippen LogP contribution in [0.2, 0.25) is 5.02 Å². The molecule has 1 amide bonds. The molecule has 4 N–H and O–H groups in total.